The molecule has 2 rings (SSSR count). The Balaban J connectivity index is 2.44. The molecule has 4 heteroatoms. The first-order chi connectivity index (χ1) is 8.63. The summed E-state index contributed by atoms with van der Waals surface area (Å²) in [5.74, 6) is 0.687. The van der Waals surface area contributed by atoms with Gasteiger partial charge in [0.15, 0.2) is 0 Å². The van der Waals surface area contributed by atoms with E-state index in [4.69, 9.17) is 10.5 Å². The van der Waals surface area contributed by atoms with Gasteiger partial charge in [0.2, 0.25) is 0 Å². The Hall–Kier alpha value is -1.94. The van der Waals surface area contributed by atoms with Gasteiger partial charge in [0.05, 0.1) is 18.8 Å². The van der Waals surface area contributed by atoms with E-state index in [2.05, 4.69) is 16.0 Å². The van der Waals surface area contributed by atoms with E-state index in [0.717, 1.165) is 16.8 Å². The van der Waals surface area contributed by atoms with Gasteiger partial charge < -0.3 is 10.5 Å². The topological polar surface area (TPSA) is 61.0 Å². The predicted octanol–water partition coefficient (Wildman–Crippen LogP) is 2.15. The van der Waals surface area contributed by atoms with E-state index in [9.17, 15) is 0 Å². The van der Waals surface area contributed by atoms with Crippen molar-refractivity contribution in [3.63, 3.8) is 0 Å². The van der Waals surface area contributed by atoms with Crippen LogP contribution in [0.4, 0.5) is 0 Å². The second-order valence-electron chi connectivity index (χ2n) is 4.28. The molecular weight excluding hydrogens is 226 g/mol. The van der Waals surface area contributed by atoms with Crippen LogP contribution in [0.15, 0.2) is 30.6 Å². The number of hydrogen-bond donors (Lipinski definition) is 1. The van der Waals surface area contributed by atoms with Gasteiger partial charge in [-0.1, -0.05) is 6.07 Å². The van der Waals surface area contributed by atoms with Crippen molar-refractivity contribution in [2.75, 3.05) is 7.11 Å². The normalized spacial score (nSPS) is 12.2. The van der Waals surface area contributed by atoms with Crippen LogP contribution in [0.1, 0.15) is 28.6 Å². The fraction of sp³-hybridized carbons (Fsp3) is 0.286. The molecule has 2 heterocycles. The highest BCUT2D eigenvalue weighted by Gasteiger charge is 2.18. The van der Waals surface area contributed by atoms with Gasteiger partial charge in [0.1, 0.15) is 11.4 Å². The molecule has 0 aromatic carbocycles. The Bertz CT molecular complexity index is 554. The highest BCUT2D eigenvalue weighted by atomic mass is 16.5. The van der Waals surface area contributed by atoms with Gasteiger partial charge in [0, 0.05) is 12.4 Å². The van der Waals surface area contributed by atoms with Crippen molar-refractivity contribution in [2.45, 2.75) is 19.9 Å². The summed E-state index contributed by atoms with van der Waals surface area (Å²) in [6.07, 6.45) is 3.53. The molecule has 2 aromatic rings. The third-order valence-electron chi connectivity index (χ3n) is 2.86. The standard InChI is InChI=1S/C14H17N3O/c1-9-7-10(2)13(17-8-9)12(15)14-11(18-3)5-4-6-16-14/h4-8,12H,15H2,1-3H3. The summed E-state index contributed by atoms with van der Waals surface area (Å²) in [5.41, 5.74) is 9.96. The Labute approximate surface area is 107 Å². The maximum atomic E-state index is 6.24. The van der Waals surface area contributed by atoms with Crippen molar-refractivity contribution in [3.8, 4) is 5.75 Å². The Morgan fingerprint density at radius 1 is 1.22 bits per heavy atom. The second kappa shape index (κ2) is 5.14. The van der Waals surface area contributed by atoms with Crippen molar-refractivity contribution < 1.29 is 4.74 Å². The van der Waals surface area contributed by atoms with Gasteiger partial charge in [-0.15, -0.1) is 0 Å². The molecule has 0 amide bonds. The third-order valence-corrected chi connectivity index (χ3v) is 2.86. The molecule has 0 bridgehead atoms. The molecule has 0 spiro atoms. The summed E-state index contributed by atoms with van der Waals surface area (Å²) in [4.78, 5) is 8.71. The second-order valence-corrected chi connectivity index (χ2v) is 4.28. The lowest BCUT2D eigenvalue weighted by Gasteiger charge is -2.16. The zero-order valence-electron chi connectivity index (χ0n) is 10.8. The van der Waals surface area contributed by atoms with Gasteiger partial charge >= 0.3 is 0 Å². The molecule has 1 unspecified atom stereocenters. The number of nitrogens with zero attached hydrogens (tertiary/aromatic N) is 2. The lowest BCUT2D eigenvalue weighted by Crippen LogP contribution is -2.17. The highest BCUT2D eigenvalue weighted by Crippen LogP contribution is 2.26. The zero-order chi connectivity index (χ0) is 13.1. The average Bonchev–Trinajstić information content (AvgIpc) is 2.38. The van der Waals surface area contributed by atoms with Crippen LogP contribution in [0.2, 0.25) is 0 Å². The summed E-state index contributed by atoms with van der Waals surface area (Å²) < 4.78 is 5.28. The number of aromatic nitrogens is 2. The maximum Gasteiger partial charge on any atom is 0.142 e. The molecule has 94 valence electrons. The first-order valence-corrected chi connectivity index (χ1v) is 5.81. The molecule has 1 atom stereocenters. The number of nitrogens with two attached hydrogens (primary N) is 1. The fourth-order valence-electron chi connectivity index (χ4n) is 1.99. The van der Waals surface area contributed by atoms with Crippen molar-refractivity contribution in [3.05, 3.63) is 53.1 Å². The summed E-state index contributed by atoms with van der Waals surface area (Å²) >= 11 is 0. The first kappa shape index (κ1) is 12.5. The van der Waals surface area contributed by atoms with E-state index in [1.165, 1.54) is 0 Å². The molecule has 0 fully saturated rings. The van der Waals surface area contributed by atoms with Crippen LogP contribution >= 0.6 is 0 Å². The van der Waals surface area contributed by atoms with Crippen molar-refractivity contribution in [1.82, 2.24) is 9.97 Å². The molecule has 0 radical (unpaired) electrons. The number of methoxy groups -OCH3 is 1. The largest absolute Gasteiger partial charge is 0.495 e. The van der Waals surface area contributed by atoms with Gasteiger partial charge in [0.25, 0.3) is 0 Å². The summed E-state index contributed by atoms with van der Waals surface area (Å²) in [5, 5.41) is 0. The van der Waals surface area contributed by atoms with E-state index >= 15 is 0 Å². The molecule has 0 aliphatic carbocycles. The minimum Gasteiger partial charge on any atom is -0.495 e. The number of pyridine rings is 2. The quantitative estimate of drug-likeness (QED) is 0.897. The van der Waals surface area contributed by atoms with Crippen LogP contribution in [0.3, 0.4) is 0 Å². The van der Waals surface area contributed by atoms with E-state index in [-0.39, 0.29) is 6.04 Å². The summed E-state index contributed by atoms with van der Waals surface area (Å²) in [7, 11) is 1.61. The van der Waals surface area contributed by atoms with Crippen LogP contribution in [0.5, 0.6) is 5.75 Å². The van der Waals surface area contributed by atoms with Crippen LogP contribution in [-0.2, 0) is 0 Å². The molecular formula is C14H17N3O. The number of hydrogen-bond acceptors (Lipinski definition) is 4. The molecule has 0 aliphatic rings. The van der Waals surface area contributed by atoms with Gasteiger partial charge in [-0.2, -0.15) is 0 Å². The third kappa shape index (κ3) is 2.33. The zero-order valence-corrected chi connectivity index (χ0v) is 10.8. The monoisotopic (exact) mass is 243 g/mol. The summed E-state index contributed by atoms with van der Waals surface area (Å²) in [6, 6.07) is 5.37. The average molecular weight is 243 g/mol. The molecule has 0 saturated carbocycles. The molecule has 0 saturated heterocycles. The minimum atomic E-state index is -0.373. The molecule has 2 N–H and O–H groups in total. The lowest BCUT2D eigenvalue weighted by atomic mass is 10.0. The van der Waals surface area contributed by atoms with Crippen LogP contribution in [0.25, 0.3) is 0 Å². The number of aryl methyl sites for hydroxylation is 2. The molecule has 2 aromatic heterocycles. The van der Waals surface area contributed by atoms with Gasteiger partial charge in [-0.25, -0.2) is 0 Å². The van der Waals surface area contributed by atoms with E-state index < -0.39 is 0 Å². The molecule has 4 nitrogen and oxygen atoms in total. The highest BCUT2D eigenvalue weighted by molar-refractivity contribution is 5.37. The smallest absolute Gasteiger partial charge is 0.142 e. The van der Waals surface area contributed by atoms with Crippen molar-refractivity contribution in [1.29, 1.82) is 0 Å². The van der Waals surface area contributed by atoms with Crippen molar-refractivity contribution >= 4 is 0 Å². The Kier molecular flexibility index (Phi) is 3.58. The molecule has 0 aliphatic heterocycles. The van der Waals surface area contributed by atoms with E-state index in [1.807, 2.05) is 32.2 Å². The fourth-order valence-corrected chi connectivity index (χ4v) is 1.99. The SMILES string of the molecule is COc1cccnc1C(N)c1ncc(C)cc1C. The predicted molar refractivity (Wildman–Crippen MR) is 70.5 cm³/mol. The summed E-state index contributed by atoms with van der Waals surface area (Å²) in [6.45, 7) is 4.02. The van der Waals surface area contributed by atoms with Gasteiger partial charge in [-0.05, 0) is 37.1 Å². The van der Waals surface area contributed by atoms with Crippen LogP contribution in [-0.4, -0.2) is 17.1 Å². The Morgan fingerprint density at radius 2 is 2.00 bits per heavy atom. The van der Waals surface area contributed by atoms with Gasteiger partial charge in [-0.3, -0.25) is 9.97 Å². The van der Waals surface area contributed by atoms with E-state index in [0.29, 0.717) is 11.4 Å². The van der Waals surface area contributed by atoms with Crippen LogP contribution < -0.4 is 10.5 Å². The van der Waals surface area contributed by atoms with E-state index in [1.54, 1.807) is 13.3 Å². The molecule has 18 heavy (non-hydrogen) atoms. The first-order valence-electron chi connectivity index (χ1n) is 5.81. The Morgan fingerprint density at radius 3 is 2.67 bits per heavy atom. The lowest BCUT2D eigenvalue weighted by molar-refractivity contribution is 0.404. The number of rotatable bonds is 3. The number of ether oxygens (including phenoxy) is 1. The van der Waals surface area contributed by atoms with Crippen LogP contribution in [0, 0.1) is 13.8 Å². The minimum absolute atomic E-state index is 0.373. The van der Waals surface area contributed by atoms with Crippen molar-refractivity contribution in [2.24, 2.45) is 5.73 Å². The maximum absolute atomic E-state index is 6.24.